The molecule has 1 atom stereocenters. The highest BCUT2D eigenvalue weighted by Gasteiger charge is 2.27. The van der Waals surface area contributed by atoms with E-state index in [0.717, 1.165) is 37.0 Å². The number of nitrogens with zero attached hydrogens (tertiary/aromatic N) is 1. The monoisotopic (exact) mass is 530 g/mol. The number of rotatable bonds is 25. The zero-order valence-corrected chi connectivity index (χ0v) is 25.0. The maximum absolute atomic E-state index is 12.1. The van der Waals surface area contributed by atoms with Crippen LogP contribution in [0.4, 0.5) is 0 Å². The molecule has 214 valence electrons. The number of allylic oxidation sites excluding steroid dienone is 2. The summed E-state index contributed by atoms with van der Waals surface area (Å²) in [4.78, 5) is 9.89. The van der Waals surface area contributed by atoms with E-state index in [1.54, 1.807) is 0 Å². The number of likely N-dealkylation sites (N-methyl/N-ethyl adjacent to an activating group) is 1. The number of phosphoric acid groups is 1. The quantitative estimate of drug-likeness (QED) is 0.0553. The maximum atomic E-state index is 12.1. The minimum atomic E-state index is -3.90. The molecule has 1 rings (SSSR count). The average Bonchev–Trinajstić information content (AvgIpc) is 2.85. The second kappa shape index (κ2) is 22.8. The highest BCUT2D eigenvalue weighted by molar-refractivity contribution is 7.47. The van der Waals surface area contributed by atoms with Gasteiger partial charge in [0.1, 0.15) is 13.2 Å². The Balaban J connectivity index is 1.80. The lowest BCUT2D eigenvalue weighted by atomic mass is 10.1. The molecule has 36 heavy (non-hydrogen) atoms. The van der Waals surface area contributed by atoms with Gasteiger partial charge in [0.05, 0.1) is 26.7 Å². The van der Waals surface area contributed by atoms with Crippen LogP contribution in [0.15, 0.2) is 12.2 Å². The lowest BCUT2D eigenvalue weighted by Gasteiger charge is -2.37. The molecular formula is C30H61NO4P+. The Bertz CT molecular complexity index is 563. The van der Waals surface area contributed by atoms with Crippen LogP contribution in [0, 0.1) is 0 Å². The van der Waals surface area contributed by atoms with Gasteiger partial charge in [-0.3, -0.25) is 9.05 Å². The second-order valence-corrected chi connectivity index (χ2v) is 12.8. The number of unbranched alkanes of at least 4 members (excludes halogenated alkanes) is 16. The van der Waals surface area contributed by atoms with Crippen molar-refractivity contribution in [3.05, 3.63) is 12.2 Å². The zero-order chi connectivity index (χ0) is 26.2. The first-order chi connectivity index (χ1) is 17.5. The molecule has 1 aliphatic rings. The Hall–Kier alpha value is -0.190. The van der Waals surface area contributed by atoms with Gasteiger partial charge in [-0.15, -0.1) is 0 Å². The number of phosphoric ester groups is 1. The van der Waals surface area contributed by atoms with Crippen molar-refractivity contribution in [1.82, 2.24) is 0 Å². The van der Waals surface area contributed by atoms with Crippen LogP contribution in [0.5, 0.6) is 0 Å². The maximum Gasteiger partial charge on any atom is 0.472 e. The minimum absolute atomic E-state index is 0.292. The number of piperidine rings is 1. The van der Waals surface area contributed by atoms with Gasteiger partial charge in [0.15, 0.2) is 0 Å². The van der Waals surface area contributed by atoms with E-state index in [0.29, 0.717) is 13.2 Å². The molecule has 1 saturated heterocycles. The molecule has 0 spiro atoms. The predicted molar refractivity (Wildman–Crippen MR) is 154 cm³/mol. The van der Waals surface area contributed by atoms with Crippen molar-refractivity contribution in [3.8, 4) is 0 Å². The lowest BCUT2D eigenvalue weighted by Crippen LogP contribution is -2.49. The minimum Gasteiger partial charge on any atom is -0.324 e. The van der Waals surface area contributed by atoms with Crippen LogP contribution >= 0.6 is 7.82 Å². The van der Waals surface area contributed by atoms with Gasteiger partial charge in [0.25, 0.3) is 0 Å². The van der Waals surface area contributed by atoms with Crippen molar-refractivity contribution in [3.63, 3.8) is 0 Å². The van der Waals surface area contributed by atoms with E-state index in [9.17, 15) is 9.46 Å². The molecule has 1 unspecified atom stereocenters. The second-order valence-electron chi connectivity index (χ2n) is 11.3. The molecule has 0 bridgehead atoms. The molecular weight excluding hydrogens is 469 g/mol. The molecule has 1 aliphatic heterocycles. The third-order valence-electron chi connectivity index (χ3n) is 7.69. The van der Waals surface area contributed by atoms with Crippen LogP contribution in [0.1, 0.15) is 142 Å². The highest BCUT2D eigenvalue weighted by atomic mass is 31.2. The van der Waals surface area contributed by atoms with Crippen molar-refractivity contribution >= 4 is 7.82 Å². The van der Waals surface area contributed by atoms with E-state index in [4.69, 9.17) is 9.05 Å². The van der Waals surface area contributed by atoms with E-state index in [1.165, 1.54) is 122 Å². The van der Waals surface area contributed by atoms with Gasteiger partial charge >= 0.3 is 7.82 Å². The summed E-state index contributed by atoms with van der Waals surface area (Å²) in [6.45, 7) is 5.93. The Morgan fingerprint density at radius 2 is 1.11 bits per heavy atom. The Labute approximate surface area is 224 Å². The molecule has 1 fully saturated rings. The Morgan fingerprint density at radius 1 is 0.667 bits per heavy atom. The zero-order valence-electron chi connectivity index (χ0n) is 24.1. The molecule has 0 radical (unpaired) electrons. The summed E-state index contributed by atoms with van der Waals surface area (Å²) in [7, 11) is -1.69. The molecule has 6 heteroatoms. The van der Waals surface area contributed by atoms with Crippen molar-refractivity contribution in [2.75, 3.05) is 39.9 Å². The largest absolute Gasteiger partial charge is 0.472 e. The summed E-state index contributed by atoms with van der Waals surface area (Å²) in [5.41, 5.74) is 0. The van der Waals surface area contributed by atoms with Crippen LogP contribution < -0.4 is 0 Å². The van der Waals surface area contributed by atoms with Crippen LogP contribution in [-0.4, -0.2) is 49.3 Å². The van der Waals surface area contributed by atoms with E-state index in [1.807, 2.05) is 0 Å². The number of likely N-dealkylation sites (tertiary alicyclic amines) is 1. The SMILES string of the molecule is CCCCCCCC/C=C\CCCCCCCCCCCCOP(=O)(O)OCC[N+]1(C)CCCCC1. The molecule has 0 aromatic rings. The number of hydrogen-bond acceptors (Lipinski definition) is 3. The van der Waals surface area contributed by atoms with E-state index >= 15 is 0 Å². The van der Waals surface area contributed by atoms with Gasteiger partial charge in [-0.1, -0.05) is 103 Å². The van der Waals surface area contributed by atoms with Crippen molar-refractivity contribution in [2.45, 2.75) is 142 Å². The first-order valence-electron chi connectivity index (χ1n) is 15.6. The van der Waals surface area contributed by atoms with Crippen molar-refractivity contribution < 1.29 is 23.0 Å². The van der Waals surface area contributed by atoms with E-state index in [2.05, 4.69) is 26.1 Å². The summed E-state index contributed by atoms with van der Waals surface area (Å²) in [6.07, 6.45) is 31.8. The molecule has 0 amide bonds. The van der Waals surface area contributed by atoms with Crippen LogP contribution in [0.3, 0.4) is 0 Å². The van der Waals surface area contributed by atoms with Gasteiger partial charge in [0, 0.05) is 0 Å². The summed E-state index contributed by atoms with van der Waals surface area (Å²) >= 11 is 0. The standard InChI is InChI=1S/C30H60NO4P/c1-3-4-5-6-7-8-9-10-11-12-13-14-15-16-17-18-19-20-21-25-29-34-36(32,33)35-30-28-31(2)26-23-22-24-27-31/h10-11H,3-9,12-30H2,1-2H3/p+1/b11-10-. The molecule has 1 heterocycles. The topological polar surface area (TPSA) is 55.8 Å². The highest BCUT2D eigenvalue weighted by Crippen LogP contribution is 2.43. The van der Waals surface area contributed by atoms with Gasteiger partial charge in [-0.05, 0) is 51.4 Å². The van der Waals surface area contributed by atoms with E-state index in [-0.39, 0.29) is 0 Å². The summed E-state index contributed by atoms with van der Waals surface area (Å²) in [5.74, 6) is 0. The van der Waals surface area contributed by atoms with Crippen molar-refractivity contribution in [2.24, 2.45) is 0 Å². The van der Waals surface area contributed by atoms with Gasteiger partial charge in [-0.2, -0.15) is 0 Å². The molecule has 5 nitrogen and oxygen atoms in total. The summed E-state index contributed by atoms with van der Waals surface area (Å²) in [6, 6.07) is 0. The summed E-state index contributed by atoms with van der Waals surface area (Å²) in [5, 5.41) is 0. The number of quaternary nitrogens is 1. The van der Waals surface area contributed by atoms with Crippen LogP contribution in [0.2, 0.25) is 0 Å². The fourth-order valence-corrected chi connectivity index (χ4v) is 5.90. The third kappa shape index (κ3) is 20.8. The molecule has 0 aromatic heterocycles. The van der Waals surface area contributed by atoms with Gasteiger partial charge in [0.2, 0.25) is 0 Å². The molecule has 0 aromatic carbocycles. The lowest BCUT2D eigenvalue weighted by molar-refractivity contribution is -0.914. The normalized spacial score (nSPS) is 17.5. The van der Waals surface area contributed by atoms with Crippen molar-refractivity contribution in [1.29, 1.82) is 0 Å². The van der Waals surface area contributed by atoms with Gasteiger partial charge in [-0.25, -0.2) is 4.57 Å². The fraction of sp³-hybridized carbons (Fsp3) is 0.933. The number of hydrogen-bond donors (Lipinski definition) is 1. The summed E-state index contributed by atoms with van der Waals surface area (Å²) < 4.78 is 23.4. The molecule has 1 N–H and O–H groups in total. The van der Waals surface area contributed by atoms with Crippen LogP contribution in [0.25, 0.3) is 0 Å². The molecule has 0 saturated carbocycles. The van der Waals surface area contributed by atoms with E-state index < -0.39 is 7.82 Å². The Kier molecular flexibility index (Phi) is 21.4. The average molecular weight is 531 g/mol. The fourth-order valence-electron chi connectivity index (χ4n) is 5.15. The van der Waals surface area contributed by atoms with Gasteiger partial charge < -0.3 is 9.38 Å². The van der Waals surface area contributed by atoms with Crippen LogP contribution in [-0.2, 0) is 13.6 Å². The predicted octanol–water partition coefficient (Wildman–Crippen LogP) is 9.35. The Morgan fingerprint density at radius 3 is 1.64 bits per heavy atom. The third-order valence-corrected chi connectivity index (χ3v) is 8.71. The first kappa shape index (κ1) is 33.8. The smallest absolute Gasteiger partial charge is 0.324 e. The molecule has 0 aliphatic carbocycles. The first-order valence-corrected chi connectivity index (χ1v) is 17.1.